The maximum atomic E-state index is 12.7. The van der Waals surface area contributed by atoms with E-state index in [9.17, 15) is 9.59 Å². The van der Waals surface area contributed by atoms with Crippen molar-refractivity contribution in [1.29, 1.82) is 0 Å². The monoisotopic (exact) mass is 382 g/mol. The van der Waals surface area contributed by atoms with Crippen molar-refractivity contribution in [2.45, 2.75) is 32.9 Å². The molecule has 0 saturated heterocycles. The molecule has 0 spiro atoms. The topological polar surface area (TPSA) is 76.7 Å². The van der Waals surface area contributed by atoms with Crippen LogP contribution in [-0.4, -0.2) is 37.1 Å². The molecule has 1 aliphatic heterocycles. The molecule has 148 valence electrons. The van der Waals surface area contributed by atoms with E-state index in [1.54, 1.807) is 12.1 Å². The van der Waals surface area contributed by atoms with Crippen LogP contribution in [0.1, 0.15) is 29.8 Å². The number of nitrogens with one attached hydrogen (secondary N) is 2. The third-order valence-electron chi connectivity index (χ3n) is 4.62. The molecule has 0 radical (unpaired) electrons. The van der Waals surface area contributed by atoms with Crippen molar-refractivity contribution in [2.24, 2.45) is 5.92 Å². The van der Waals surface area contributed by atoms with Crippen LogP contribution in [0.3, 0.4) is 0 Å². The molecule has 0 bridgehead atoms. The Labute approximate surface area is 165 Å². The minimum absolute atomic E-state index is 0.0568. The molecule has 3 rings (SSSR count). The van der Waals surface area contributed by atoms with Crippen molar-refractivity contribution in [3.63, 3.8) is 0 Å². The standard InChI is InChI=1S/C22H26N2O4/c1-14(2)20(24-21(25)16-10-8-15(3)9-11-16)22(26)23-12-17-13-27-18-6-4-5-7-19(18)28-17/h4-11,14,17,20H,12-13H2,1-3H3,(H,23,26)(H,24,25)/t17?,20-/m0/s1. The van der Waals surface area contributed by atoms with Gasteiger partial charge in [-0.25, -0.2) is 0 Å². The lowest BCUT2D eigenvalue weighted by Gasteiger charge is -2.28. The largest absolute Gasteiger partial charge is 0.486 e. The summed E-state index contributed by atoms with van der Waals surface area (Å²) in [7, 11) is 0. The summed E-state index contributed by atoms with van der Waals surface area (Å²) in [5, 5.41) is 5.70. The highest BCUT2D eigenvalue weighted by atomic mass is 16.6. The molecule has 0 aromatic heterocycles. The molecule has 28 heavy (non-hydrogen) atoms. The summed E-state index contributed by atoms with van der Waals surface area (Å²) in [5.41, 5.74) is 1.61. The molecule has 2 aromatic carbocycles. The Balaban J connectivity index is 1.56. The van der Waals surface area contributed by atoms with E-state index in [0.29, 0.717) is 30.2 Å². The number of benzene rings is 2. The van der Waals surface area contributed by atoms with Crippen LogP contribution < -0.4 is 20.1 Å². The molecule has 2 aromatic rings. The Morgan fingerprint density at radius 1 is 1.07 bits per heavy atom. The van der Waals surface area contributed by atoms with Crippen LogP contribution in [0.2, 0.25) is 0 Å². The molecule has 1 heterocycles. The first-order valence-corrected chi connectivity index (χ1v) is 9.48. The van der Waals surface area contributed by atoms with Crippen LogP contribution in [0.25, 0.3) is 0 Å². The molecule has 1 unspecified atom stereocenters. The number of ether oxygens (including phenoxy) is 2. The van der Waals surface area contributed by atoms with E-state index in [1.807, 2.05) is 57.2 Å². The van der Waals surface area contributed by atoms with E-state index < -0.39 is 6.04 Å². The summed E-state index contributed by atoms with van der Waals surface area (Å²) in [6.07, 6.45) is -0.278. The van der Waals surface area contributed by atoms with Gasteiger partial charge in [0.25, 0.3) is 5.91 Å². The molecule has 1 aliphatic rings. The van der Waals surface area contributed by atoms with Gasteiger partial charge in [0, 0.05) is 5.56 Å². The molecule has 0 aliphatic carbocycles. The first kappa shape index (κ1) is 19.7. The fraction of sp³-hybridized carbons (Fsp3) is 0.364. The summed E-state index contributed by atoms with van der Waals surface area (Å²) in [5.74, 6) is 0.813. The Kier molecular flexibility index (Phi) is 6.19. The SMILES string of the molecule is Cc1ccc(C(=O)N[C@H](C(=O)NCC2COc3ccccc3O2)C(C)C)cc1. The predicted molar refractivity (Wildman–Crippen MR) is 107 cm³/mol. The highest BCUT2D eigenvalue weighted by Gasteiger charge is 2.27. The number of rotatable bonds is 6. The molecule has 6 heteroatoms. The van der Waals surface area contributed by atoms with Gasteiger partial charge in [-0.1, -0.05) is 43.7 Å². The number of hydrogen-bond acceptors (Lipinski definition) is 4. The van der Waals surface area contributed by atoms with Gasteiger partial charge in [0.15, 0.2) is 11.5 Å². The minimum atomic E-state index is -0.634. The molecule has 2 N–H and O–H groups in total. The van der Waals surface area contributed by atoms with Crippen LogP contribution in [0.15, 0.2) is 48.5 Å². The molecular formula is C22H26N2O4. The van der Waals surface area contributed by atoms with E-state index >= 15 is 0 Å². The summed E-state index contributed by atoms with van der Waals surface area (Å²) in [4.78, 5) is 25.2. The van der Waals surface area contributed by atoms with Gasteiger partial charge in [0.05, 0.1) is 6.54 Å². The highest BCUT2D eigenvalue weighted by molar-refractivity contribution is 5.97. The fourth-order valence-corrected chi connectivity index (χ4v) is 2.95. The number of aryl methyl sites for hydroxylation is 1. The van der Waals surface area contributed by atoms with Gasteiger partial charge < -0.3 is 20.1 Å². The second kappa shape index (κ2) is 8.78. The zero-order chi connectivity index (χ0) is 20.1. The molecule has 0 saturated carbocycles. The zero-order valence-corrected chi connectivity index (χ0v) is 16.4. The van der Waals surface area contributed by atoms with E-state index in [-0.39, 0.29) is 23.8 Å². The average Bonchev–Trinajstić information content (AvgIpc) is 2.70. The van der Waals surface area contributed by atoms with E-state index in [1.165, 1.54) is 0 Å². The van der Waals surface area contributed by atoms with E-state index in [0.717, 1.165) is 5.56 Å². The van der Waals surface area contributed by atoms with E-state index in [2.05, 4.69) is 10.6 Å². The molecule has 0 fully saturated rings. The third kappa shape index (κ3) is 4.82. The van der Waals surface area contributed by atoms with Gasteiger partial charge in [-0.2, -0.15) is 0 Å². The summed E-state index contributed by atoms with van der Waals surface area (Å²) >= 11 is 0. The van der Waals surface area contributed by atoms with Crippen molar-refractivity contribution in [2.75, 3.05) is 13.2 Å². The van der Waals surface area contributed by atoms with Gasteiger partial charge in [-0.3, -0.25) is 9.59 Å². The first-order chi connectivity index (χ1) is 13.4. The van der Waals surface area contributed by atoms with Crippen LogP contribution >= 0.6 is 0 Å². The maximum Gasteiger partial charge on any atom is 0.251 e. The fourth-order valence-electron chi connectivity index (χ4n) is 2.95. The van der Waals surface area contributed by atoms with Crippen LogP contribution in [-0.2, 0) is 4.79 Å². The Morgan fingerprint density at radius 2 is 1.75 bits per heavy atom. The predicted octanol–water partition coefficient (Wildman–Crippen LogP) is 2.71. The molecular weight excluding hydrogens is 356 g/mol. The zero-order valence-electron chi connectivity index (χ0n) is 16.4. The van der Waals surface area contributed by atoms with Gasteiger partial charge >= 0.3 is 0 Å². The molecule has 6 nitrogen and oxygen atoms in total. The Bertz CT molecular complexity index is 833. The summed E-state index contributed by atoms with van der Waals surface area (Å²) in [6.45, 7) is 6.42. The van der Waals surface area contributed by atoms with Crippen LogP contribution in [0, 0.1) is 12.8 Å². The normalized spacial score (nSPS) is 16.4. The lowest BCUT2D eigenvalue weighted by atomic mass is 10.0. The highest BCUT2D eigenvalue weighted by Crippen LogP contribution is 2.30. The lowest BCUT2D eigenvalue weighted by Crippen LogP contribution is -2.52. The molecule has 2 amide bonds. The number of fused-ring (bicyclic) bond motifs is 1. The average molecular weight is 382 g/mol. The number of hydrogen-bond donors (Lipinski definition) is 2. The maximum absolute atomic E-state index is 12.7. The van der Waals surface area contributed by atoms with Crippen molar-refractivity contribution >= 4 is 11.8 Å². The lowest BCUT2D eigenvalue weighted by molar-refractivity contribution is -0.124. The van der Waals surface area contributed by atoms with Crippen molar-refractivity contribution in [3.8, 4) is 11.5 Å². The quantitative estimate of drug-likeness (QED) is 0.805. The second-order valence-corrected chi connectivity index (χ2v) is 7.30. The van der Waals surface area contributed by atoms with Gasteiger partial charge in [0.1, 0.15) is 18.8 Å². The van der Waals surface area contributed by atoms with Gasteiger partial charge in [-0.05, 0) is 37.1 Å². The van der Waals surface area contributed by atoms with Crippen LogP contribution in [0.5, 0.6) is 11.5 Å². The number of para-hydroxylation sites is 2. The van der Waals surface area contributed by atoms with E-state index in [4.69, 9.17) is 9.47 Å². The van der Waals surface area contributed by atoms with Crippen molar-refractivity contribution in [3.05, 3.63) is 59.7 Å². The second-order valence-electron chi connectivity index (χ2n) is 7.30. The Hall–Kier alpha value is -3.02. The summed E-state index contributed by atoms with van der Waals surface area (Å²) in [6, 6.07) is 14.1. The molecule has 2 atom stereocenters. The third-order valence-corrected chi connectivity index (χ3v) is 4.62. The summed E-state index contributed by atoms with van der Waals surface area (Å²) < 4.78 is 11.5. The van der Waals surface area contributed by atoms with Crippen molar-refractivity contribution < 1.29 is 19.1 Å². The van der Waals surface area contributed by atoms with Crippen molar-refractivity contribution in [1.82, 2.24) is 10.6 Å². The number of carbonyl (C=O) groups excluding carboxylic acids is 2. The number of amides is 2. The smallest absolute Gasteiger partial charge is 0.251 e. The first-order valence-electron chi connectivity index (χ1n) is 9.48. The van der Waals surface area contributed by atoms with Gasteiger partial charge in [0.2, 0.25) is 5.91 Å². The number of carbonyl (C=O) groups is 2. The minimum Gasteiger partial charge on any atom is -0.486 e. The Morgan fingerprint density at radius 3 is 2.43 bits per heavy atom. The van der Waals surface area contributed by atoms with Crippen LogP contribution in [0.4, 0.5) is 0 Å². The van der Waals surface area contributed by atoms with Gasteiger partial charge in [-0.15, -0.1) is 0 Å².